The number of fused-ring (bicyclic) bond motifs is 3. The molecule has 0 radical (unpaired) electrons. The van der Waals surface area contributed by atoms with Gasteiger partial charge in [0.05, 0.1) is 0 Å². The van der Waals surface area contributed by atoms with Crippen LogP contribution in [0, 0.1) is 0 Å². The first-order chi connectivity index (χ1) is 12.3. The highest BCUT2D eigenvalue weighted by Gasteiger charge is 2.18. The van der Waals surface area contributed by atoms with Crippen molar-refractivity contribution in [2.45, 2.75) is 13.8 Å². The zero-order chi connectivity index (χ0) is 17.2. The first kappa shape index (κ1) is 16.3. The zero-order valence-electron chi connectivity index (χ0n) is 14.7. The summed E-state index contributed by atoms with van der Waals surface area (Å²) in [5, 5.41) is 8.82. The van der Waals surface area contributed by atoms with Crippen LogP contribution in [0.15, 0.2) is 66.7 Å². The van der Waals surface area contributed by atoms with Gasteiger partial charge in [-0.25, -0.2) is 0 Å². The smallest absolute Gasteiger partial charge is 0.356 e. The quantitative estimate of drug-likeness (QED) is 0.387. The van der Waals surface area contributed by atoms with E-state index in [1.165, 1.54) is 37.5 Å². The number of hydrogen-bond donors (Lipinski definition) is 0. The molecule has 0 spiro atoms. The van der Waals surface area contributed by atoms with Gasteiger partial charge in [0.1, 0.15) is 0 Å². The molecule has 0 aliphatic rings. The molecule has 0 aliphatic carbocycles. The van der Waals surface area contributed by atoms with E-state index in [2.05, 4.69) is 66.7 Å². The molecule has 4 aromatic carbocycles. The summed E-state index contributed by atoms with van der Waals surface area (Å²) in [5.41, 5.74) is 0. The Balaban J connectivity index is 1.96. The van der Waals surface area contributed by atoms with E-state index in [4.69, 9.17) is 8.85 Å². The monoisotopic (exact) mass is 346 g/mol. The van der Waals surface area contributed by atoms with E-state index in [9.17, 15) is 0 Å². The fourth-order valence-electron chi connectivity index (χ4n) is 3.48. The predicted octanol–water partition coefficient (Wildman–Crippen LogP) is 4.65. The van der Waals surface area contributed by atoms with Gasteiger partial charge in [0.2, 0.25) is 0 Å². The molecule has 0 fully saturated rings. The van der Waals surface area contributed by atoms with Crippen LogP contribution in [0.5, 0.6) is 0 Å². The zero-order valence-corrected chi connectivity index (χ0v) is 15.8. The van der Waals surface area contributed by atoms with Gasteiger partial charge in [0.15, 0.2) is 0 Å². The molecule has 4 rings (SSSR count). The Morgan fingerprint density at radius 3 is 1.84 bits per heavy atom. The Labute approximate surface area is 149 Å². The highest BCUT2D eigenvalue weighted by atomic mass is 28.3. The van der Waals surface area contributed by atoms with E-state index in [0.29, 0.717) is 13.2 Å². The van der Waals surface area contributed by atoms with Gasteiger partial charge in [-0.05, 0) is 75.6 Å². The summed E-state index contributed by atoms with van der Waals surface area (Å²) >= 11 is 0. The summed E-state index contributed by atoms with van der Waals surface area (Å²) in [6.45, 7) is 5.44. The number of rotatable bonds is 5. The summed E-state index contributed by atoms with van der Waals surface area (Å²) in [6, 6.07) is 24.1. The fraction of sp³-hybridized carbons (Fsp3) is 0.182. The Morgan fingerprint density at radius 1 is 0.640 bits per heavy atom. The van der Waals surface area contributed by atoms with Crippen LogP contribution in [0.2, 0.25) is 0 Å². The normalized spacial score (nSPS) is 11.8. The second-order valence-corrected chi connectivity index (χ2v) is 8.16. The van der Waals surface area contributed by atoms with Crippen LogP contribution < -0.4 is 5.19 Å². The van der Waals surface area contributed by atoms with E-state index >= 15 is 0 Å². The molecule has 0 unspecified atom stereocenters. The van der Waals surface area contributed by atoms with Crippen LogP contribution in [-0.2, 0) is 8.85 Å². The molecule has 25 heavy (non-hydrogen) atoms. The van der Waals surface area contributed by atoms with Crippen molar-refractivity contribution in [2.24, 2.45) is 0 Å². The van der Waals surface area contributed by atoms with E-state index in [1.807, 2.05) is 13.8 Å². The fourth-order valence-corrected chi connectivity index (χ4v) is 5.31. The minimum atomic E-state index is -1.87. The van der Waals surface area contributed by atoms with Gasteiger partial charge in [-0.15, -0.1) is 0 Å². The molecule has 0 saturated carbocycles. The van der Waals surface area contributed by atoms with Crippen molar-refractivity contribution in [1.82, 2.24) is 0 Å². The third kappa shape index (κ3) is 3.06. The average molecular weight is 347 g/mol. The van der Waals surface area contributed by atoms with Gasteiger partial charge in [0.25, 0.3) is 0 Å². The SMILES string of the molecule is CCO[SiH](OCC)c1cccc2cc3cc4ccccc4cc3cc12. The second kappa shape index (κ2) is 6.96. The van der Waals surface area contributed by atoms with Crippen LogP contribution in [0.25, 0.3) is 32.3 Å². The molecule has 0 atom stereocenters. The van der Waals surface area contributed by atoms with Crippen molar-refractivity contribution < 1.29 is 8.85 Å². The van der Waals surface area contributed by atoms with Gasteiger partial charge < -0.3 is 8.85 Å². The van der Waals surface area contributed by atoms with E-state index in [1.54, 1.807) is 0 Å². The van der Waals surface area contributed by atoms with Crippen LogP contribution in [0.1, 0.15) is 13.8 Å². The molecule has 2 nitrogen and oxygen atoms in total. The van der Waals surface area contributed by atoms with Crippen LogP contribution in [0.3, 0.4) is 0 Å². The summed E-state index contributed by atoms with van der Waals surface area (Å²) in [7, 11) is -1.87. The molecule has 0 aliphatic heterocycles. The maximum atomic E-state index is 5.98. The predicted molar refractivity (Wildman–Crippen MR) is 109 cm³/mol. The van der Waals surface area contributed by atoms with Gasteiger partial charge in [0, 0.05) is 13.2 Å². The lowest BCUT2D eigenvalue weighted by atomic mass is 10.00. The lowest BCUT2D eigenvalue weighted by Crippen LogP contribution is -2.37. The molecule has 126 valence electrons. The molecular formula is C22H22O2Si. The number of hydrogen-bond acceptors (Lipinski definition) is 2. The summed E-state index contributed by atoms with van der Waals surface area (Å²) in [5.74, 6) is 0. The standard InChI is InChI=1S/C22H22O2Si/c1-3-23-25(24-4-2)22-11-7-10-18-14-19-12-16-8-5-6-9-17(16)13-20(19)15-21(18)22/h5-15,25H,3-4H2,1-2H3. The first-order valence-corrected chi connectivity index (χ1v) is 10.4. The minimum absolute atomic E-state index is 0.686. The molecular weight excluding hydrogens is 324 g/mol. The molecule has 3 heteroatoms. The molecule has 0 N–H and O–H groups in total. The van der Waals surface area contributed by atoms with Crippen molar-refractivity contribution in [1.29, 1.82) is 0 Å². The maximum Gasteiger partial charge on any atom is 0.356 e. The minimum Gasteiger partial charge on any atom is -0.394 e. The van der Waals surface area contributed by atoms with Crippen molar-refractivity contribution in [3.63, 3.8) is 0 Å². The van der Waals surface area contributed by atoms with Gasteiger partial charge >= 0.3 is 9.28 Å². The van der Waals surface area contributed by atoms with Crippen molar-refractivity contribution in [2.75, 3.05) is 13.2 Å². The van der Waals surface area contributed by atoms with Gasteiger partial charge in [-0.3, -0.25) is 0 Å². The van der Waals surface area contributed by atoms with Gasteiger partial charge in [-0.2, -0.15) is 0 Å². The Bertz CT molecular complexity index is 1040. The molecule has 0 aromatic heterocycles. The number of benzene rings is 4. The van der Waals surface area contributed by atoms with Crippen molar-refractivity contribution in [3.8, 4) is 0 Å². The largest absolute Gasteiger partial charge is 0.394 e. The van der Waals surface area contributed by atoms with Crippen LogP contribution >= 0.6 is 0 Å². The van der Waals surface area contributed by atoms with Crippen molar-refractivity contribution in [3.05, 3.63) is 66.7 Å². The van der Waals surface area contributed by atoms with E-state index in [-0.39, 0.29) is 0 Å². The first-order valence-electron chi connectivity index (χ1n) is 8.88. The lowest BCUT2D eigenvalue weighted by Gasteiger charge is -2.17. The van der Waals surface area contributed by atoms with Crippen LogP contribution in [0.4, 0.5) is 0 Å². The highest BCUT2D eigenvalue weighted by Crippen LogP contribution is 2.27. The van der Waals surface area contributed by atoms with E-state index in [0.717, 1.165) is 0 Å². The third-order valence-corrected chi connectivity index (χ3v) is 6.91. The Hall–Kier alpha value is -2.20. The highest BCUT2D eigenvalue weighted by molar-refractivity contribution is 6.64. The Morgan fingerprint density at radius 2 is 1.20 bits per heavy atom. The average Bonchev–Trinajstić information content (AvgIpc) is 2.64. The lowest BCUT2D eigenvalue weighted by molar-refractivity contribution is 0.225. The molecule has 0 amide bonds. The second-order valence-electron chi connectivity index (χ2n) is 6.21. The van der Waals surface area contributed by atoms with Crippen molar-refractivity contribution >= 4 is 46.8 Å². The molecule has 0 heterocycles. The summed E-state index contributed by atoms with van der Waals surface area (Å²) in [6.07, 6.45) is 0. The third-order valence-electron chi connectivity index (χ3n) is 4.63. The molecule has 4 aromatic rings. The van der Waals surface area contributed by atoms with E-state index < -0.39 is 9.28 Å². The Kier molecular flexibility index (Phi) is 4.53. The van der Waals surface area contributed by atoms with Crippen LogP contribution in [-0.4, -0.2) is 22.5 Å². The molecule has 0 saturated heterocycles. The topological polar surface area (TPSA) is 18.5 Å². The summed E-state index contributed by atoms with van der Waals surface area (Å²) < 4.78 is 12.0. The summed E-state index contributed by atoms with van der Waals surface area (Å²) in [4.78, 5) is 0. The molecule has 0 bridgehead atoms. The maximum absolute atomic E-state index is 5.98. The van der Waals surface area contributed by atoms with Gasteiger partial charge in [-0.1, -0.05) is 42.5 Å².